The number of likely N-dealkylation sites (N-methyl/N-ethyl adjacent to an activating group) is 1. The molecule has 0 bridgehead atoms. The zero-order valence-corrected chi connectivity index (χ0v) is 13.4. The van der Waals surface area contributed by atoms with Gasteiger partial charge in [0.1, 0.15) is 5.82 Å². The highest BCUT2D eigenvalue weighted by Crippen LogP contribution is 2.28. The molecule has 1 atom stereocenters. The van der Waals surface area contributed by atoms with Crippen LogP contribution in [0.4, 0.5) is 4.39 Å². The van der Waals surface area contributed by atoms with E-state index in [0.717, 1.165) is 29.2 Å². The van der Waals surface area contributed by atoms with Crippen LogP contribution in [0.1, 0.15) is 34.1 Å². The lowest BCUT2D eigenvalue weighted by Crippen LogP contribution is -2.23. The van der Waals surface area contributed by atoms with Gasteiger partial charge in [-0.05, 0) is 38.1 Å². The average Bonchev–Trinajstić information content (AvgIpc) is 2.68. The van der Waals surface area contributed by atoms with Crippen LogP contribution in [0.5, 0.6) is 0 Å². The Bertz CT molecular complexity index is 578. The molecule has 0 saturated heterocycles. The molecule has 2 nitrogen and oxygen atoms in total. The highest BCUT2D eigenvalue weighted by atomic mass is 35.5. The molecule has 2 aromatic rings. The van der Waals surface area contributed by atoms with E-state index < -0.39 is 0 Å². The van der Waals surface area contributed by atoms with Crippen LogP contribution in [0.2, 0.25) is 5.02 Å². The maximum atomic E-state index is 13.2. The van der Waals surface area contributed by atoms with Gasteiger partial charge in [-0.2, -0.15) is 0 Å². The fraction of sp³-hybridized carbons (Fsp3) is 0.400. The summed E-state index contributed by atoms with van der Waals surface area (Å²) in [4.78, 5) is 5.80. The molecule has 1 heterocycles. The van der Waals surface area contributed by atoms with Gasteiger partial charge in [0.25, 0.3) is 0 Å². The topological polar surface area (TPSA) is 24.9 Å². The molecule has 0 fully saturated rings. The third-order valence-electron chi connectivity index (χ3n) is 3.24. The van der Waals surface area contributed by atoms with Crippen molar-refractivity contribution >= 4 is 22.9 Å². The van der Waals surface area contributed by atoms with Crippen LogP contribution in [0, 0.1) is 19.7 Å². The minimum atomic E-state index is -0.310. The van der Waals surface area contributed by atoms with Crippen molar-refractivity contribution in [3.05, 3.63) is 50.2 Å². The van der Waals surface area contributed by atoms with Crippen molar-refractivity contribution in [1.29, 1.82) is 0 Å². The fourth-order valence-electron chi connectivity index (χ4n) is 2.12. The number of benzene rings is 1. The molecule has 2 rings (SSSR count). The number of thiazole rings is 1. The Hall–Kier alpha value is -0.970. The SMILES string of the molecule is CCNC(Cc1nc(C)c(C)s1)c1ccc(F)cc1Cl. The molecule has 0 spiro atoms. The minimum Gasteiger partial charge on any atom is -0.310 e. The summed E-state index contributed by atoms with van der Waals surface area (Å²) in [6.45, 7) is 6.95. The lowest BCUT2D eigenvalue weighted by molar-refractivity contribution is 0.546. The van der Waals surface area contributed by atoms with E-state index in [1.807, 2.05) is 13.8 Å². The highest BCUT2D eigenvalue weighted by molar-refractivity contribution is 7.11. The quantitative estimate of drug-likeness (QED) is 0.882. The molecule has 0 aliphatic rings. The molecule has 0 aliphatic heterocycles. The lowest BCUT2D eigenvalue weighted by atomic mass is 10.0. The van der Waals surface area contributed by atoms with Crippen molar-refractivity contribution in [2.75, 3.05) is 6.54 Å². The predicted octanol–water partition coefficient (Wildman–Crippen LogP) is 4.45. The molecule has 1 aromatic carbocycles. The van der Waals surface area contributed by atoms with Crippen LogP contribution in [0.25, 0.3) is 0 Å². The van der Waals surface area contributed by atoms with E-state index in [9.17, 15) is 4.39 Å². The molecule has 1 unspecified atom stereocenters. The third kappa shape index (κ3) is 3.57. The predicted molar refractivity (Wildman–Crippen MR) is 83.1 cm³/mol. The zero-order valence-electron chi connectivity index (χ0n) is 11.8. The first-order chi connectivity index (χ1) is 9.51. The minimum absolute atomic E-state index is 0.0537. The van der Waals surface area contributed by atoms with E-state index in [0.29, 0.717) is 5.02 Å². The summed E-state index contributed by atoms with van der Waals surface area (Å²) in [5, 5.41) is 4.93. The number of aromatic nitrogens is 1. The summed E-state index contributed by atoms with van der Waals surface area (Å²) >= 11 is 7.87. The Labute approximate surface area is 128 Å². The summed E-state index contributed by atoms with van der Waals surface area (Å²) < 4.78 is 13.2. The van der Waals surface area contributed by atoms with Crippen molar-refractivity contribution in [2.45, 2.75) is 33.2 Å². The standard InChI is InChI=1S/C15H18ClFN2S/c1-4-18-14(8-15-19-9(2)10(3)20-15)12-6-5-11(17)7-13(12)16/h5-7,14,18H,4,8H2,1-3H3. The molecular formula is C15H18ClFN2S. The van der Waals surface area contributed by atoms with E-state index in [1.165, 1.54) is 17.0 Å². The second-order valence-electron chi connectivity index (χ2n) is 4.73. The van der Waals surface area contributed by atoms with Gasteiger partial charge < -0.3 is 5.32 Å². The van der Waals surface area contributed by atoms with Crippen LogP contribution in [0.3, 0.4) is 0 Å². The van der Waals surface area contributed by atoms with Gasteiger partial charge in [0.2, 0.25) is 0 Å². The van der Waals surface area contributed by atoms with Crippen LogP contribution in [-0.2, 0) is 6.42 Å². The van der Waals surface area contributed by atoms with Gasteiger partial charge in [0.05, 0.1) is 10.7 Å². The maximum absolute atomic E-state index is 13.2. The van der Waals surface area contributed by atoms with Crippen LogP contribution in [-0.4, -0.2) is 11.5 Å². The molecule has 1 aromatic heterocycles. The first-order valence-electron chi connectivity index (χ1n) is 6.62. The van der Waals surface area contributed by atoms with E-state index in [4.69, 9.17) is 11.6 Å². The van der Waals surface area contributed by atoms with Crippen LogP contribution >= 0.6 is 22.9 Å². The first-order valence-corrected chi connectivity index (χ1v) is 7.82. The number of nitrogens with one attached hydrogen (secondary N) is 1. The van der Waals surface area contributed by atoms with E-state index in [1.54, 1.807) is 17.4 Å². The van der Waals surface area contributed by atoms with Gasteiger partial charge in [-0.1, -0.05) is 24.6 Å². The van der Waals surface area contributed by atoms with Crippen molar-refractivity contribution in [1.82, 2.24) is 10.3 Å². The molecule has 0 aliphatic carbocycles. The van der Waals surface area contributed by atoms with Crippen molar-refractivity contribution < 1.29 is 4.39 Å². The van der Waals surface area contributed by atoms with Gasteiger partial charge in [-0.25, -0.2) is 9.37 Å². The number of aryl methyl sites for hydroxylation is 2. The van der Waals surface area contributed by atoms with Gasteiger partial charge in [-0.15, -0.1) is 11.3 Å². The average molecular weight is 313 g/mol. The largest absolute Gasteiger partial charge is 0.310 e. The number of hydrogen-bond donors (Lipinski definition) is 1. The van der Waals surface area contributed by atoms with Crippen LogP contribution < -0.4 is 5.32 Å². The summed E-state index contributed by atoms with van der Waals surface area (Å²) in [6.07, 6.45) is 0.762. The molecule has 0 radical (unpaired) electrons. The smallest absolute Gasteiger partial charge is 0.124 e. The number of hydrogen-bond acceptors (Lipinski definition) is 3. The second kappa shape index (κ2) is 6.66. The molecule has 108 valence electrons. The Balaban J connectivity index is 2.26. The highest BCUT2D eigenvalue weighted by Gasteiger charge is 2.17. The molecule has 0 amide bonds. The number of nitrogens with zero attached hydrogens (tertiary/aromatic N) is 1. The van der Waals surface area contributed by atoms with Crippen LogP contribution in [0.15, 0.2) is 18.2 Å². The summed E-state index contributed by atoms with van der Waals surface area (Å²) in [6, 6.07) is 4.61. The van der Waals surface area contributed by atoms with E-state index >= 15 is 0 Å². The maximum Gasteiger partial charge on any atom is 0.124 e. The lowest BCUT2D eigenvalue weighted by Gasteiger charge is -2.18. The number of halogens is 2. The molecule has 1 N–H and O–H groups in total. The Morgan fingerprint density at radius 1 is 1.40 bits per heavy atom. The molecule has 0 saturated carbocycles. The monoisotopic (exact) mass is 312 g/mol. The van der Waals surface area contributed by atoms with E-state index in [-0.39, 0.29) is 11.9 Å². The Kier molecular flexibility index (Phi) is 5.13. The molecule has 20 heavy (non-hydrogen) atoms. The summed E-state index contributed by atoms with van der Waals surface area (Å²) in [5.41, 5.74) is 1.99. The van der Waals surface area contributed by atoms with Gasteiger partial charge >= 0.3 is 0 Å². The van der Waals surface area contributed by atoms with Crippen molar-refractivity contribution in [3.8, 4) is 0 Å². The van der Waals surface area contributed by atoms with Crippen molar-refractivity contribution in [3.63, 3.8) is 0 Å². The summed E-state index contributed by atoms with van der Waals surface area (Å²) in [5.74, 6) is -0.310. The number of rotatable bonds is 5. The van der Waals surface area contributed by atoms with E-state index in [2.05, 4.69) is 17.2 Å². The zero-order chi connectivity index (χ0) is 14.7. The van der Waals surface area contributed by atoms with Gasteiger partial charge in [-0.3, -0.25) is 0 Å². The molecule has 5 heteroatoms. The fourth-order valence-corrected chi connectivity index (χ4v) is 3.40. The molecular weight excluding hydrogens is 295 g/mol. The van der Waals surface area contributed by atoms with Gasteiger partial charge in [0.15, 0.2) is 0 Å². The first kappa shape index (κ1) is 15.4. The van der Waals surface area contributed by atoms with Crippen molar-refractivity contribution in [2.24, 2.45) is 0 Å². The van der Waals surface area contributed by atoms with Gasteiger partial charge in [0, 0.05) is 22.4 Å². The summed E-state index contributed by atoms with van der Waals surface area (Å²) in [7, 11) is 0. The third-order valence-corrected chi connectivity index (χ3v) is 4.66. The normalized spacial score (nSPS) is 12.7. The Morgan fingerprint density at radius 2 is 2.15 bits per heavy atom. The Morgan fingerprint density at radius 3 is 2.70 bits per heavy atom. The second-order valence-corrected chi connectivity index (χ2v) is 6.42.